The van der Waals surface area contributed by atoms with Crippen LogP contribution in [-0.2, 0) is 4.79 Å². The van der Waals surface area contributed by atoms with E-state index in [4.69, 9.17) is 0 Å². The number of amides is 1. The van der Waals surface area contributed by atoms with Gasteiger partial charge < -0.3 is 21.3 Å². The molecule has 1 amide bonds. The Bertz CT molecular complexity index is 483. The van der Waals surface area contributed by atoms with Crippen molar-refractivity contribution in [2.24, 2.45) is 0 Å². The Hall–Kier alpha value is -0.910. The largest absolute Gasteiger partial charge is 0.356 e. The third-order valence-corrected chi connectivity index (χ3v) is 7.00. The monoisotopic (exact) mass is 492 g/mol. The average molecular weight is 493 g/mol. The van der Waals surface area contributed by atoms with E-state index in [2.05, 4.69) is 40.3 Å². The van der Waals surface area contributed by atoms with Crippen molar-refractivity contribution in [3.63, 3.8) is 0 Å². The Kier molecular flexibility index (Phi) is 24.0. The summed E-state index contributed by atoms with van der Waals surface area (Å²) in [7, 11) is 0. The highest BCUT2D eigenvalue weighted by Gasteiger charge is 2.13. The summed E-state index contributed by atoms with van der Waals surface area (Å²) >= 11 is 0. The summed E-state index contributed by atoms with van der Waals surface area (Å²) in [6.45, 7) is 8.28. The van der Waals surface area contributed by atoms with E-state index >= 15 is 0 Å². The van der Waals surface area contributed by atoms with Gasteiger partial charge in [0.05, 0.1) is 0 Å². The first-order valence-electron chi connectivity index (χ1n) is 15.4. The van der Waals surface area contributed by atoms with Crippen LogP contribution in [-0.4, -0.2) is 51.2 Å². The molecule has 206 valence electrons. The third kappa shape index (κ3) is 23.3. The SMILES string of the molecule is CCC/C=C/CCCCCCCCCCCC[C@H]1CC(=O)NCCCNCCCCNCCCN1. The van der Waals surface area contributed by atoms with E-state index < -0.39 is 0 Å². The molecule has 1 aliphatic heterocycles. The van der Waals surface area contributed by atoms with Crippen LogP contribution in [0.25, 0.3) is 0 Å². The van der Waals surface area contributed by atoms with Gasteiger partial charge in [0.15, 0.2) is 0 Å². The van der Waals surface area contributed by atoms with Crippen molar-refractivity contribution >= 4 is 5.91 Å². The maximum absolute atomic E-state index is 12.4. The van der Waals surface area contributed by atoms with Crippen molar-refractivity contribution in [2.45, 2.75) is 135 Å². The number of unbranched alkanes of at least 4 members (excludes halogenated alkanes) is 11. The second-order valence-electron chi connectivity index (χ2n) is 10.5. The molecule has 0 aromatic rings. The summed E-state index contributed by atoms with van der Waals surface area (Å²) < 4.78 is 0. The Balaban J connectivity index is 2.07. The van der Waals surface area contributed by atoms with Crippen LogP contribution in [0.1, 0.15) is 129 Å². The van der Waals surface area contributed by atoms with Crippen LogP contribution >= 0.6 is 0 Å². The summed E-state index contributed by atoms with van der Waals surface area (Å²) in [5.41, 5.74) is 0. The lowest BCUT2D eigenvalue weighted by Gasteiger charge is -2.19. The van der Waals surface area contributed by atoms with Gasteiger partial charge in [0.2, 0.25) is 5.91 Å². The zero-order valence-corrected chi connectivity index (χ0v) is 23.3. The van der Waals surface area contributed by atoms with Crippen molar-refractivity contribution in [1.82, 2.24) is 21.3 Å². The third-order valence-electron chi connectivity index (χ3n) is 7.00. The predicted molar refractivity (Wildman–Crippen MR) is 153 cm³/mol. The van der Waals surface area contributed by atoms with Gasteiger partial charge >= 0.3 is 0 Å². The molecular weight excluding hydrogens is 432 g/mol. The highest BCUT2D eigenvalue weighted by Crippen LogP contribution is 2.13. The quantitative estimate of drug-likeness (QED) is 0.161. The standard InChI is InChI=1S/C30H60N4O/c1-2-3-4-5-6-7-8-9-10-11-12-13-14-15-16-21-29-28-30(35)34-27-20-25-32-23-18-17-22-31-24-19-26-33-29/h4-5,29,31-33H,2-3,6-28H2,1H3,(H,34,35)/b5-4+/t29-/m0/s1. The van der Waals surface area contributed by atoms with E-state index in [1.807, 2.05) is 0 Å². The van der Waals surface area contributed by atoms with E-state index in [0.29, 0.717) is 12.5 Å². The van der Waals surface area contributed by atoms with Crippen molar-refractivity contribution in [2.75, 3.05) is 39.3 Å². The smallest absolute Gasteiger partial charge is 0.221 e. The van der Waals surface area contributed by atoms with E-state index in [-0.39, 0.29) is 5.91 Å². The summed E-state index contributed by atoms with van der Waals surface area (Å²) in [5, 5.41) is 13.8. The lowest BCUT2D eigenvalue weighted by atomic mass is 10.0. The molecule has 1 heterocycles. The molecule has 1 atom stereocenters. The zero-order valence-electron chi connectivity index (χ0n) is 23.3. The second-order valence-corrected chi connectivity index (χ2v) is 10.5. The number of rotatable bonds is 15. The number of nitrogens with one attached hydrogen (secondary N) is 4. The number of hydrogen-bond acceptors (Lipinski definition) is 4. The molecule has 0 spiro atoms. The number of hydrogen-bond donors (Lipinski definition) is 4. The number of carbonyl (C=O) groups is 1. The Morgan fingerprint density at radius 1 is 0.657 bits per heavy atom. The molecule has 0 aromatic carbocycles. The molecule has 0 radical (unpaired) electrons. The molecule has 0 aromatic heterocycles. The molecule has 1 rings (SSSR count). The molecular formula is C30H60N4O. The predicted octanol–water partition coefficient (Wildman–Crippen LogP) is 6.24. The van der Waals surface area contributed by atoms with Gasteiger partial charge in [-0.25, -0.2) is 0 Å². The van der Waals surface area contributed by atoms with Gasteiger partial charge in [-0.2, -0.15) is 0 Å². The maximum atomic E-state index is 12.4. The minimum Gasteiger partial charge on any atom is -0.356 e. The van der Waals surface area contributed by atoms with Gasteiger partial charge in [0, 0.05) is 19.0 Å². The summed E-state index contributed by atoms with van der Waals surface area (Å²) in [6, 6.07) is 0.320. The maximum Gasteiger partial charge on any atom is 0.221 e. The van der Waals surface area contributed by atoms with E-state index in [9.17, 15) is 4.79 Å². The molecule has 1 saturated heterocycles. The fourth-order valence-electron chi connectivity index (χ4n) is 4.75. The highest BCUT2D eigenvalue weighted by molar-refractivity contribution is 5.76. The fraction of sp³-hybridized carbons (Fsp3) is 0.900. The minimum atomic E-state index is 0.210. The van der Waals surface area contributed by atoms with Gasteiger partial charge in [-0.15, -0.1) is 0 Å². The zero-order chi connectivity index (χ0) is 25.1. The van der Waals surface area contributed by atoms with Crippen molar-refractivity contribution in [3.8, 4) is 0 Å². The molecule has 1 fully saturated rings. The molecule has 35 heavy (non-hydrogen) atoms. The lowest BCUT2D eigenvalue weighted by Crippen LogP contribution is -2.37. The minimum absolute atomic E-state index is 0.210. The first-order chi connectivity index (χ1) is 17.3. The van der Waals surface area contributed by atoms with Gasteiger partial charge in [0.25, 0.3) is 0 Å². The lowest BCUT2D eigenvalue weighted by molar-refractivity contribution is -0.121. The first-order valence-corrected chi connectivity index (χ1v) is 15.4. The van der Waals surface area contributed by atoms with Gasteiger partial charge in [-0.05, 0) is 84.1 Å². The van der Waals surface area contributed by atoms with Crippen LogP contribution in [0.5, 0.6) is 0 Å². The molecule has 0 aliphatic carbocycles. The Labute approximate surface area is 218 Å². The normalized spacial score (nSPS) is 20.0. The highest BCUT2D eigenvalue weighted by atomic mass is 16.1. The molecule has 5 nitrogen and oxygen atoms in total. The average Bonchev–Trinajstić information content (AvgIpc) is 2.86. The Morgan fingerprint density at radius 3 is 1.86 bits per heavy atom. The topological polar surface area (TPSA) is 65.2 Å². The number of carbonyl (C=O) groups excluding carboxylic acids is 1. The van der Waals surface area contributed by atoms with Crippen molar-refractivity contribution in [3.05, 3.63) is 12.2 Å². The van der Waals surface area contributed by atoms with Crippen LogP contribution in [0, 0.1) is 0 Å². The van der Waals surface area contributed by atoms with Crippen LogP contribution in [0.4, 0.5) is 0 Å². The second kappa shape index (κ2) is 26.2. The molecule has 0 saturated carbocycles. The molecule has 1 aliphatic rings. The van der Waals surface area contributed by atoms with E-state index in [1.54, 1.807) is 0 Å². The van der Waals surface area contributed by atoms with Crippen LogP contribution in [0.3, 0.4) is 0 Å². The molecule has 4 N–H and O–H groups in total. The molecule has 5 heteroatoms. The molecule has 0 unspecified atom stereocenters. The van der Waals surface area contributed by atoms with E-state index in [0.717, 1.165) is 58.5 Å². The van der Waals surface area contributed by atoms with Crippen molar-refractivity contribution < 1.29 is 4.79 Å². The molecule has 0 bridgehead atoms. The number of allylic oxidation sites excluding steroid dienone is 2. The fourth-order valence-corrected chi connectivity index (χ4v) is 4.75. The Morgan fingerprint density at radius 2 is 1.20 bits per heavy atom. The van der Waals surface area contributed by atoms with Crippen LogP contribution < -0.4 is 21.3 Å². The van der Waals surface area contributed by atoms with Gasteiger partial charge in [-0.3, -0.25) is 4.79 Å². The van der Waals surface area contributed by atoms with Gasteiger partial charge in [-0.1, -0.05) is 83.3 Å². The van der Waals surface area contributed by atoms with Crippen molar-refractivity contribution in [1.29, 1.82) is 0 Å². The van der Waals surface area contributed by atoms with Crippen LogP contribution in [0.2, 0.25) is 0 Å². The van der Waals surface area contributed by atoms with E-state index in [1.165, 1.54) is 96.3 Å². The van der Waals surface area contributed by atoms with Gasteiger partial charge in [0.1, 0.15) is 0 Å². The van der Waals surface area contributed by atoms with Crippen LogP contribution in [0.15, 0.2) is 12.2 Å². The summed E-state index contributed by atoms with van der Waals surface area (Å²) in [6.07, 6.45) is 28.4. The summed E-state index contributed by atoms with van der Waals surface area (Å²) in [4.78, 5) is 12.4. The summed E-state index contributed by atoms with van der Waals surface area (Å²) in [5.74, 6) is 0.210. The first kappa shape index (κ1) is 32.1.